The fraction of sp³-hybridized carbons (Fsp3) is 0.261. The summed E-state index contributed by atoms with van der Waals surface area (Å²) in [5, 5.41) is 12.5. The number of aryl methyl sites for hydroxylation is 2. The molecule has 162 valence electrons. The summed E-state index contributed by atoms with van der Waals surface area (Å²) in [6.45, 7) is 5.37. The zero-order chi connectivity index (χ0) is 22.8. The van der Waals surface area contributed by atoms with Crippen molar-refractivity contribution in [2.24, 2.45) is 0 Å². The molecule has 3 aromatic rings. The summed E-state index contributed by atoms with van der Waals surface area (Å²) in [4.78, 5) is 21.2. The SMILES string of the molecule is Cc1ccc(-c2cc(C(=O)N[C@H](C)c3cnc(C)cn3)cc(C(O)C(F)(F)F)c2)cc1. The highest BCUT2D eigenvalue weighted by molar-refractivity contribution is 5.96. The Bertz CT molecular complexity index is 1060. The predicted octanol–water partition coefficient (Wildman–Crippen LogP) is 4.85. The first kappa shape index (κ1) is 22.4. The Balaban J connectivity index is 1.97. The quantitative estimate of drug-likeness (QED) is 0.608. The van der Waals surface area contributed by atoms with Gasteiger partial charge in [0.25, 0.3) is 5.91 Å². The third-order valence-electron chi connectivity index (χ3n) is 4.82. The lowest BCUT2D eigenvalue weighted by Gasteiger charge is -2.18. The van der Waals surface area contributed by atoms with E-state index in [-0.39, 0.29) is 5.56 Å². The summed E-state index contributed by atoms with van der Waals surface area (Å²) in [5.41, 5.74) is 2.85. The van der Waals surface area contributed by atoms with Gasteiger partial charge < -0.3 is 10.4 Å². The van der Waals surface area contributed by atoms with Crippen molar-refractivity contribution in [3.63, 3.8) is 0 Å². The van der Waals surface area contributed by atoms with Gasteiger partial charge in [-0.05, 0) is 55.7 Å². The molecule has 0 radical (unpaired) electrons. The average Bonchev–Trinajstić information content (AvgIpc) is 2.73. The molecule has 5 nitrogen and oxygen atoms in total. The molecule has 1 unspecified atom stereocenters. The van der Waals surface area contributed by atoms with Crippen LogP contribution in [0.25, 0.3) is 11.1 Å². The third kappa shape index (κ3) is 5.46. The van der Waals surface area contributed by atoms with Gasteiger partial charge in [-0.25, -0.2) is 0 Å². The summed E-state index contributed by atoms with van der Waals surface area (Å²) in [7, 11) is 0. The van der Waals surface area contributed by atoms with Crippen LogP contribution < -0.4 is 5.32 Å². The van der Waals surface area contributed by atoms with Crippen molar-refractivity contribution in [3.8, 4) is 11.1 Å². The second kappa shape index (κ2) is 8.85. The number of halogens is 3. The second-order valence-corrected chi connectivity index (χ2v) is 7.43. The number of aliphatic hydroxyl groups excluding tert-OH is 1. The van der Waals surface area contributed by atoms with Crippen LogP contribution >= 0.6 is 0 Å². The fourth-order valence-electron chi connectivity index (χ4n) is 3.02. The van der Waals surface area contributed by atoms with Gasteiger partial charge >= 0.3 is 6.18 Å². The van der Waals surface area contributed by atoms with Crippen molar-refractivity contribution in [2.75, 3.05) is 0 Å². The Morgan fingerprint density at radius 1 is 1.00 bits per heavy atom. The topological polar surface area (TPSA) is 75.1 Å². The molecule has 31 heavy (non-hydrogen) atoms. The molecule has 0 bridgehead atoms. The molecule has 0 aliphatic rings. The molecule has 0 saturated carbocycles. The number of aromatic nitrogens is 2. The second-order valence-electron chi connectivity index (χ2n) is 7.43. The number of carbonyl (C=O) groups is 1. The van der Waals surface area contributed by atoms with E-state index in [9.17, 15) is 23.1 Å². The van der Waals surface area contributed by atoms with Crippen molar-refractivity contribution in [3.05, 3.63) is 82.9 Å². The van der Waals surface area contributed by atoms with Gasteiger partial charge in [-0.15, -0.1) is 0 Å². The molecule has 2 N–H and O–H groups in total. The van der Waals surface area contributed by atoms with E-state index in [0.29, 0.717) is 16.8 Å². The van der Waals surface area contributed by atoms with Gasteiger partial charge in [-0.3, -0.25) is 14.8 Å². The Hall–Kier alpha value is -3.26. The zero-order valence-electron chi connectivity index (χ0n) is 17.2. The molecule has 0 aliphatic heterocycles. The molecule has 1 heterocycles. The summed E-state index contributed by atoms with van der Waals surface area (Å²) in [6, 6.07) is 10.4. The summed E-state index contributed by atoms with van der Waals surface area (Å²) in [5.74, 6) is -0.584. The van der Waals surface area contributed by atoms with Crippen LogP contribution in [0.2, 0.25) is 0 Å². The number of nitrogens with zero attached hydrogens (tertiary/aromatic N) is 2. The Morgan fingerprint density at radius 2 is 1.68 bits per heavy atom. The van der Waals surface area contributed by atoms with Gasteiger partial charge in [0.15, 0.2) is 6.10 Å². The molecular weight excluding hydrogens is 407 g/mol. The van der Waals surface area contributed by atoms with E-state index in [4.69, 9.17) is 0 Å². The molecular formula is C23H22F3N3O2. The number of aliphatic hydroxyl groups is 1. The maximum absolute atomic E-state index is 13.2. The van der Waals surface area contributed by atoms with Crippen LogP contribution in [-0.4, -0.2) is 27.2 Å². The maximum Gasteiger partial charge on any atom is 0.418 e. The van der Waals surface area contributed by atoms with Gasteiger partial charge in [0.2, 0.25) is 0 Å². The number of carbonyl (C=O) groups excluding carboxylic acids is 1. The fourth-order valence-corrected chi connectivity index (χ4v) is 3.02. The third-order valence-corrected chi connectivity index (χ3v) is 4.82. The molecule has 1 amide bonds. The minimum Gasteiger partial charge on any atom is -0.379 e. The molecule has 2 aromatic carbocycles. The zero-order valence-corrected chi connectivity index (χ0v) is 17.2. The largest absolute Gasteiger partial charge is 0.418 e. The molecule has 8 heteroatoms. The number of alkyl halides is 3. The van der Waals surface area contributed by atoms with Crippen molar-refractivity contribution < 1.29 is 23.1 Å². The van der Waals surface area contributed by atoms with E-state index < -0.39 is 29.8 Å². The first-order valence-electron chi connectivity index (χ1n) is 9.61. The highest BCUT2D eigenvalue weighted by atomic mass is 19.4. The Labute approximate surface area is 178 Å². The van der Waals surface area contributed by atoms with Crippen molar-refractivity contribution in [2.45, 2.75) is 39.1 Å². The number of hydrogen-bond donors (Lipinski definition) is 2. The van der Waals surface area contributed by atoms with Gasteiger partial charge in [0.05, 0.1) is 23.6 Å². The minimum absolute atomic E-state index is 0.00305. The molecule has 0 saturated heterocycles. The highest BCUT2D eigenvalue weighted by Gasteiger charge is 2.39. The van der Waals surface area contributed by atoms with E-state index in [2.05, 4.69) is 15.3 Å². The summed E-state index contributed by atoms with van der Waals surface area (Å²) >= 11 is 0. The summed E-state index contributed by atoms with van der Waals surface area (Å²) < 4.78 is 39.5. The molecule has 2 atom stereocenters. The monoisotopic (exact) mass is 429 g/mol. The number of benzene rings is 2. The lowest BCUT2D eigenvalue weighted by atomic mass is 9.96. The normalized spacial score (nSPS) is 13.5. The standard InChI is InChI=1S/C23H22F3N3O2/c1-13-4-6-16(7-5-13)17-8-18(21(30)23(24,25)26)10-19(9-17)22(31)29-15(3)20-12-27-14(2)11-28-20/h4-12,15,21,30H,1-3H3,(H,29,31)/t15-,21?/m1/s1. The summed E-state index contributed by atoms with van der Waals surface area (Å²) in [6.07, 6.45) is -4.47. The van der Waals surface area contributed by atoms with E-state index in [1.807, 2.05) is 19.1 Å². The molecule has 0 aliphatic carbocycles. The lowest BCUT2D eigenvalue weighted by Crippen LogP contribution is -2.28. The molecule has 0 fully saturated rings. The van der Waals surface area contributed by atoms with Crippen LogP contribution in [-0.2, 0) is 0 Å². The van der Waals surface area contributed by atoms with Crippen LogP contribution in [0.4, 0.5) is 13.2 Å². The van der Waals surface area contributed by atoms with E-state index in [1.54, 1.807) is 32.2 Å². The maximum atomic E-state index is 13.2. The van der Waals surface area contributed by atoms with E-state index >= 15 is 0 Å². The van der Waals surface area contributed by atoms with Crippen LogP contribution in [0, 0.1) is 13.8 Å². The van der Waals surface area contributed by atoms with Gasteiger partial charge in [0, 0.05) is 11.8 Å². The number of hydrogen-bond acceptors (Lipinski definition) is 4. The first-order valence-corrected chi connectivity index (χ1v) is 9.61. The van der Waals surface area contributed by atoms with E-state index in [0.717, 1.165) is 17.3 Å². The van der Waals surface area contributed by atoms with Crippen LogP contribution in [0.1, 0.15) is 51.9 Å². The minimum atomic E-state index is -4.86. The average molecular weight is 429 g/mol. The molecule has 1 aromatic heterocycles. The van der Waals surface area contributed by atoms with Crippen LogP contribution in [0.3, 0.4) is 0 Å². The van der Waals surface area contributed by atoms with Crippen molar-refractivity contribution >= 4 is 5.91 Å². The first-order chi connectivity index (χ1) is 14.5. The van der Waals surface area contributed by atoms with Crippen LogP contribution in [0.15, 0.2) is 54.9 Å². The smallest absolute Gasteiger partial charge is 0.379 e. The van der Waals surface area contributed by atoms with Gasteiger partial charge in [-0.2, -0.15) is 13.2 Å². The Morgan fingerprint density at radius 3 is 2.26 bits per heavy atom. The Kier molecular flexibility index (Phi) is 6.40. The molecule has 0 spiro atoms. The molecule has 3 rings (SSSR count). The number of rotatable bonds is 5. The van der Waals surface area contributed by atoms with Gasteiger partial charge in [0.1, 0.15) is 0 Å². The highest BCUT2D eigenvalue weighted by Crippen LogP contribution is 2.35. The van der Waals surface area contributed by atoms with Crippen molar-refractivity contribution in [1.82, 2.24) is 15.3 Å². The van der Waals surface area contributed by atoms with Crippen molar-refractivity contribution in [1.29, 1.82) is 0 Å². The number of nitrogens with one attached hydrogen (secondary N) is 1. The van der Waals surface area contributed by atoms with Gasteiger partial charge in [-0.1, -0.05) is 29.8 Å². The number of amides is 1. The predicted molar refractivity (Wildman–Crippen MR) is 110 cm³/mol. The lowest BCUT2D eigenvalue weighted by molar-refractivity contribution is -0.206. The van der Waals surface area contributed by atoms with E-state index in [1.165, 1.54) is 18.3 Å². The van der Waals surface area contributed by atoms with Crippen LogP contribution in [0.5, 0.6) is 0 Å².